The van der Waals surface area contributed by atoms with Crippen LogP contribution in [0.5, 0.6) is 5.75 Å². The van der Waals surface area contributed by atoms with Gasteiger partial charge in [-0.3, -0.25) is 10.1 Å². The van der Waals surface area contributed by atoms with E-state index < -0.39 is 0 Å². The average molecular weight is 373 g/mol. The highest BCUT2D eigenvalue weighted by atomic mass is 35.5. The standard InChI is InChI=1S/C15H17ClN2O3S2/c1-20-7-3-6-17-15(22)18-14(19)13-12(16)10-5-4-9(21-2)8-11(10)23-13/h4-5,8H,3,6-7H2,1-2H3,(H2,17,18,19,22). The SMILES string of the molecule is COCCCNC(=S)NC(=O)c1sc2cc(OC)ccc2c1Cl. The maximum atomic E-state index is 12.3. The fourth-order valence-electron chi connectivity index (χ4n) is 1.94. The number of carbonyl (C=O) groups is 1. The first-order valence-corrected chi connectivity index (χ1v) is 8.51. The number of hydrogen-bond donors (Lipinski definition) is 2. The van der Waals surface area contributed by atoms with Crippen LogP contribution < -0.4 is 15.4 Å². The van der Waals surface area contributed by atoms with Crippen LogP contribution in [0.4, 0.5) is 0 Å². The van der Waals surface area contributed by atoms with Crippen molar-refractivity contribution < 1.29 is 14.3 Å². The number of nitrogens with one attached hydrogen (secondary N) is 2. The summed E-state index contributed by atoms with van der Waals surface area (Å²) in [6.07, 6.45) is 0.802. The molecule has 0 radical (unpaired) electrons. The zero-order chi connectivity index (χ0) is 16.8. The molecule has 0 atom stereocenters. The van der Waals surface area contributed by atoms with Gasteiger partial charge >= 0.3 is 0 Å². The van der Waals surface area contributed by atoms with Crippen molar-refractivity contribution in [3.8, 4) is 5.75 Å². The van der Waals surface area contributed by atoms with Gasteiger partial charge in [0.15, 0.2) is 5.11 Å². The van der Waals surface area contributed by atoms with Gasteiger partial charge in [-0.1, -0.05) is 11.6 Å². The van der Waals surface area contributed by atoms with E-state index in [1.807, 2.05) is 18.2 Å². The molecule has 23 heavy (non-hydrogen) atoms. The van der Waals surface area contributed by atoms with E-state index in [1.54, 1.807) is 14.2 Å². The van der Waals surface area contributed by atoms with E-state index >= 15 is 0 Å². The number of fused-ring (bicyclic) bond motifs is 1. The minimum absolute atomic E-state index is 0.275. The summed E-state index contributed by atoms with van der Waals surface area (Å²) >= 11 is 12.7. The monoisotopic (exact) mass is 372 g/mol. The van der Waals surface area contributed by atoms with E-state index in [0.29, 0.717) is 23.1 Å². The van der Waals surface area contributed by atoms with Crippen LogP contribution in [0.25, 0.3) is 10.1 Å². The van der Waals surface area contributed by atoms with Crippen molar-refractivity contribution in [3.63, 3.8) is 0 Å². The second-order valence-electron chi connectivity index (χ2n) is 4.66. The summed E-state index contributed by atoms with van der Waals surface area (Å²) in [4.78, 5) is 12.7. The number of hydrogen-bond acceptors (Lipinski definition) is 5. The van der Waals surface area contributed by atoms with Gasteiger partial charge in [-0.05, 0) is 36.8 Å². The summed E-state index contributed by atoms with van der Waals surface area (Å²) in [6, 6.07) is 5.50. The van der Waals surface area contributed by atoms with Gasteiger partial charge in [0.05, 0.1) is 12.1 Å². The predicted octanol–water partition coefficient (Wildman–Crippen LogP) is 3.20. The Morgan fingerprint density at radius 3 is 2.87 bits per heavy atom. The lowest BCUT2D eigenvalue weighted by Crippen LogP contribution is -2.39. The Kier molecular flexibility index (Phi) is 6.59. The first kappa shape index (κ1) is 17.9. The number of thiophene rings is 1. The second kappa shape index (κ2) is 8.44. The van der Waals surface area contributed by atoms with Crippen molar-refractivity contribution in [1.29, 1.82) is 0 Å². The number of methoxy groups -OCH3 is 2. The molecule has 0 bridgehead atoms. The quantitative estimate of drug-likeness (QED) is 0.602. The first-order chi connectivity index (χ1) is 11.1. The Balaban J connectivity index is 2.06. The summed E-state index contributed by atoms with van der Waals surface area (Å²) in [5, 5.41) is 7.11. The van der Waals surface area contributed by atoms with Crippen LogP contribution in [0, 0.1) is 0 Å². The molecule has 0 saturated heterocycles. The first-order valence-electron chi connectivity index (χ1n) is 6.91. The third-order valence-electron chi connectivity index (χ3n) is 3.08. The van der Waals surface area contributed by atoms with Gasteiger partial charge in [0.1, 0.15) is 10.6 Å². The van der Waals surface area contributed by atoms with Gasteiger partial charge in [-0.25, -0.2) is 0 Å². The highest BCUT2D eigenvalue weighted by Crippen LogP contribution is 2.37. The van der Waals surface area contributed by atoms with Crippen molar-refractivity contribution >= 4 is 56.3 Å². The zero-order valence-corrected chi connectivity index (χ0v) is 15.2. The molecule has 5 nitrogen and oxygen atoms in total. The Morgan fingerprint density at radius 2 is 2.17 bits per heavy atom. The van der Waals surface area contributed by atoms with Crippen LogP contribution in [-0.4, -0.2) is 38.4 Å². The zero-order valence-electron chi connectivity index (χ0n) is 12.8. The molecule has 124 valence electrons. The predicted molar refractivity (Wildman–Crippen MR) is 97.9 cm³/mol. The lowest BCUT2D eigenvalue weighted by atomic mass is 10.2. The molecule has 0 unspecified atom stereocenters. The Bertz CT molecular complexity index is 718. The maximum Gasteiger partial charge on any atom is 0.269 e. The number of rotatable bonds is 6. The van der Waals surface area contributed by atoms with E-state index in [4.69, 9.17) is 33.3 Å². The topological polar surface area (TPSA) is 59.6 Å². The number of thiocarbonyl (C=S) groups is 1. The summed E-state index contributed by atoms with van der Waals surface area (Å²) in [6.45, 7) is 1.26. The van der Waals surface area contributed by atoms with E-state index in [9.17, 15) is 4.79 Å². The Morgan fingerprint density at radius 1 is 1.39 bits per heavy atom. The summed E-state index contributed by atoms with van der Waals surface area (Å²) < 4.78 is 11.0. The molecule has 2 rings (SSSR count). The van der Waals surface area contributed by atoms with E-state index in [2.05, 4.69) is 10.6 Å². The maximum absolute atomic E-state index is 12.3. The van der Waals surface area contributed by atoms with Crippen LogP contribution in [-0.2, 0) is 4.74 Å². The second-order valence-corrected chi connectivity index (χ2v) is 6.50. The van der Waals surface area contributed by atoms with Crippen molar-refractivity contribution in [1.82, 2.24) is 10.6 Å². The molecule has 0 fully saturated rings. The van der Waals surface area contributed by atoms with E-state index in [0.717, 1.165) is 22.3 Å². The smallest absolute Gasteiger partial charge is 0.269 e. The highest BCUT2D eigenvalue weighted by Gasteiger charge is 2.18. The molecule has 8 heteroatoms. The molecule has 0 aliphatic heterocycles. The van der Waals surface area contributed by atoms with E-state index in [-0.39, 0.29) is 11.0 Å². The molecule has 1 aromatic heterocycles. The molecule has 0 aliphatic carbocycles. The summed E-state index contributed by atoms with van der Waals surface area (Å²) in [5.41, 5.74) is 0. The van der Waals surface area contributed by atoms with Crippen molar-refractivity contribution in [2.75, 3.05) is 27.4 Å². The molecule has 0 spiro atoms. The molecule has 1 aromatic carbocycles. The molecule has 2 N–H and O–H groups in total. The van der Waals surface area contributed by atoms with Gasteiger partial charge in [0.2, 0.25) is 0 Å². The fourth-order valence-corrected chi connectivity index (χ4v) is 3.58. The third-order valence-corrected chi connectivity index (χ3v) is 4.98. The van der Waals surface area contributed by atoms with Gasteiger partial charge in [-0.2, -0.15) is 0 Å². The number of halogens is 1. The van der Waals surface area contributed by atoms with Crippen LogP contribution in [0.1, 0.15) is 16.1 Å². The Hall–Kier alpha value is -1.41. The average Bonchev–Trinajstić information content (AvgIpc) is 2.88. The number of ether oxygens (including phenoxy) is 2. The number of amides is 1. The summed E-state index contributed by atoms with van der Waals surface area (Å²) in [7, 11) is 3.23. The lowest BCUT2D eigenvalue weighted by molar-refractivity contribution is 0.0981. The molecular formula is C15H17ClN2O3S2. The van der Waals surface area contributed by atoms with Crippen molar-refractivity contribution in [2.24, 2.45) is 0 Å². The molecule has 1 heterocycles. The van der Waals surface area contributed by atoms with Crippen molar-refractivity contribution in [3.05, 3.63) is 28.1 Å². The van der Waals surface area contributed by atoms with Gasteiger partial charge in [0.25, 0.3) is 5.91 Å². The van der Waals surface area contributed by atoms with Crippen molar-refractivity contribution in [2.45, 2.75) is 6.42 Å². The Labute approximate surface area is 148 Å². The minimum Gasteiger partial charge on any atom is -0.497 e. The van der Waals surface area contributed by atoms with Crippen LogP contribution in [0.2, 0.25) is 5.02 Å². The molecule has 0 saturated carbocycles. The van der Waals surface area contributed by atoms with E-state index in [1.165, 1.54) is 11.3 Å². The highest BCUT2D eigenvalue weighted by molar-refractivity contribution is 7.80. The minimum atomic E-state index is -0.320. The van der Waals surface area contributed by atoms with Gasteiger partial charge < -0.3 is 14.8 Å². The lowest BCUT2D eigenvalue weighted by Gasteiger charge is -2.08. The molecular weight excluding hydrogens is 356 g/mol. The number of benzene rings is 1. The third kappa shape index (κ3) is 4.54. The summed E-state index contributed by atoms with van der Waals surface area (Å²) in [5.74, 6) is 0.400. The fraction of sp³-hybridized carbons (Fsp3) is 0.333. The molecule has 1 amide bonds. The van der Waals surface area contributed by atoms with Gasteiger partial charge in [0, 0.05) is 30.3 Å². The molecule has 2 aromatic rings. The van der Waals surface area contributed by atoms with Crippen LogP contribution in [0.15, 0.2) is 18.2 Å². The van der Waals surface area contributed by atoms with Gasteiger partial charge in [-0.15, -0.1) is 11.3 Å². The van der Waals surface area contributed by atoms with Crippen LogP contribution >= 0.6 is 35.2 Å². The molecule has 0 aliphatic rings. The largest absolute Gasteiger partial charge is 0.497 e. The normalized spacial score (nSPS) is 10.6. The van der Waals surface area contributed by atoms with Crippen LogP contribution in [0.3, 0.4) is 0 Å². The number of carbonyl (C=O) groups excluding carboxylic acids is 1.